The standard InChI is InChI=1S/C12H16ClNO2S/c13-10-3-1-4-12(9-10)17(15,16)8-2-7-14-11-5-6-11/h1,3-4,9,11,14H,2,5-8H2. The van der Waals surface area contributed by atoms with Gasteiger partial charge in [-0.05, 0) is 44.0 Å². The van der Waals surface area contributed by atoms with Crippen LogP contribution in [0, 0.1) is 0 Å². The van der Waals surface area contributed by atoms with Crippen LogP contribution in [0.4, 0.5) is 0 Å². The van der Waals surface area contributed by atoms with Crippen molar-refractivity contribution in [1.82, 2.24) is 5.32 Å². The van der Waals surface area contributed by atoms with Crippen molar-refractivity contribution >= 4 is 21.4 Å². The summed E-state index contributed by atoms with van der Waals surface area (Å²) in [5, 5.41) is 3.76. The Bertz CT molecular complexity index is 483. The van der Waals surface area contributed by atoms with E-state index in [1.807, 2.05) is 0 Å². The molecule has 0 atom stereocenters. The molecule has 0 heterocycles. The van der Waals surface area contributed by atoms with Crippen molar-refractivity contribution < 1.29 is 8.42 Å². The van der Waals surface area contributed by atoms with E-state index in [0.29, 0.717) is 22.4 Å². The second kappa shape index (κ2) is 5.38. The Balaban J connectivity index is 1.88. The summed E-state index contributed by atoms with van der Waals surface area (Å²) in [5.74, 6) is 0.174. The van der Waals surface area contributed by atoms with Gasteiger partial charge in [-0.3, -0.25) is 0 Å². The molecule has 0 spiro atoms. The first-order valence-corrected chi connectivity index (χ1v) is 7.83. The highest BCUT2D eigenvalue weighted by Crippen LogP contribution is 2.19. The highest BCUT2D eigenvalue weighted by Gasteiger charge is 2.20. The summed E-state index contributed by atoms with van der Waals surface area (Å²) in [4.78, 5) is 0.316. The first-order valence-electron chi connectivity index (χ1n) is 5.80. The first-order chi connectivity index (χ1) is 8.08. The van der Waals surface area contributed by atoms with Gasteiger partial charge in [-0.1, -0.05) is 17.7 Å². The monoisotopic (exact) mass is 273 g/mol. The number of halogens is 1. The maximum atomic E-state index is 12.0. The highest BCUT2D eigenvalue weighted by atomic mass is 35.5. The molecule has 0 radical (unpaired) electrons. The Hall–Kier alpha value is -0.580. The Morgan fingerprint density at radius 1 is 1.35 bits per heavy atom. The third kappa shape index (κ3) is 3.98. The normalized spacial score (nSPS) is 16.1. The summed E-state index contributed by atoms with van der Waals surface area (Å²) in [6.07, 6.45) is 3.09. The third-order valence-corrected chi connectivity index (χ3v) is 4.79. The lowest BCUT2D eigenvalue weighted by Crippen LogP contribution is -2.20. The average molecular weight is 274 g/mol. The van der Waals surface area contributed by atoms with E-state index in [0.717, 1.165) is 6.54 Å². The van der Waals surface area contributed by atoms with Crippen molar-refractivity contribution in [2.24, 2.45) is 0 Å². The van der Waals surface area contributed by atoms with E-state index in [9.17, 15) is 8.42 Å². The van der Waals surface area contributed by atoms with Gasteiger partial charge in [-0.25, -0.2) is 8.42 Å². The Morgan fingerprint density at radius 2 is 2.12 bits per heavy atom. The van der Waals surface area contributed by atoms with Crippen LogP contribution in [0.2, 0.25) is 5.02 Å². The van der Waals surface area contributed by atoms with Gasteiger partial charge in [0.1, 0.15) is 0 Å². The van der Waals surface area contributed by atoms with Gasteiger partial charge < -0.3 is 5.32 Å². The van der Waals surface area contributed by atoms with E-state index in [-0.39, 0.29) is 5.75 Å². The molecule has 1 aliphatic rings. The van der Waals surface area contributed by atoms with Gasteiger partial charge in [-0.2, -0.15) is 0 Å². The first kappa shape index (κ1) is 12.9. The van der Waals surface area contributed by atoms with Crippen molar-refractivity contribution in [3.05, 3.63) is 29.3 Å². The molecule has 1 aliphatic carbocycles. The van der Waals surface area contributed by atoms with Crippen LogP contribution in [0.3, 0.4) is 0 Å². The molecule has 1 aromatic rings. The van der Waals surface area contributed by atoms with E-state index >= 15 is 0 Å². The van der Waals surface area contributed by atoms with E-state index < -0.39 is 9.84 Å². The Morgan fingerprint density at radius 3 is 2.76 bits per heavy atom. The van der Waals surface area contributed by atoms with Gasteiger partial charge in [0.2, 0.25) is 0 Å². The summed E-state index contributed by atoms with van der Waals surface area (Å²) < 4.78 is 23.9. The second-order valence-electron chi connectivity index (χ2n) is 4.36. The summed E-state index contributed by atoms with van der Waals surface area (Å²) in [7, 11) is -3.18. The van der Waals surface area contributed by atoms with Crippen molar-refractivity contribution in [2.45, 2.75) is 30.2 Å². The largest absolute Gasteiger partial charge is 0.314 e. The average Bonchev–Trinajstić information content (AvgIpc) is 3.08. The lowest BCUT2D eigenvalue weighted by atomic mass is 10.4. The zero-order chi connectivity index (χ0) is 12.3. The quantitative estimate of drug-likeness (QED) is 0.809. The maximum Gasteiger partial charge on any atom is 0.178 e. The Labute approximate surface area is 107 Å². The molecule has 0 aliphatic heterocycles. The van der Waals surface area contributed by atoms with Crippen molar-refractivity contribution in [2.75, 3.05) is 12.3 Å². The molecular weight excluding hydrogens is 258 g/mol. The molecule has 0 saturated heterocycles. The lowest BCUT2D eigenvalue weighted by molar-refractivity contribution is 0.588. The van der Waals surface area contributed by atoms with Crippen LogP contribution in [0.1, 0.15) is 19.3 Å². The summed E-state index contributed by atoms with van der Waals surface area (Å²) in [5.41, 5.74) is 0. The molecule has 3 nitrogen and oxygen atoms in total. The zero-order valence-electron chi connectivity index (χ0n) is 9.52. The number of sulfone groups is 1. The van der Waals surface area contributed by atoms with Gasteiger partial charge in [-0.15, -0.1) is 0 Å². The minimum atomic E-state index is -3.18. The third-order valence-electron chi connectivity index (χ3n) is 2.76. The number of benzene rings is 1. The Kier molecular flexibility index (Phi) is 4.07. The fourth-order valence-electron chi connectivity index (χ4n) is 1.63. The molecule has 1 N–H and O–H groups in total. The molecule has 1 aromatic carbocycles. The molecular formula is C12H16ClNO2S. The molecule has 17 heavy (non-hydrogen) atoms. The maximum absolute atomic E-state index is 12.0. The van der Waals surface area contributed by atoms with Crippen LogP contribution in [-0.4, -0.2) is 26.8 Å². The topological polar surface area (TPSA) is 46.2 Å². The fraction of sp³-hybridized carbons (Fsp3) is 0.500. The SMILES string of the molecule is O=S(=O)(CCCNC1CC1)c1cccc(Cl)c1. The van der Waals surface area contributed by atoms with Crippen LogP contribution in [-0.2, 0) is 9.84 Å². The molecule has 1 saturated carbocycles. The van der Waals surface area contributed by atoms with Crippen LogP contribution < -0.4 is 5.32 Å². The number of rotatable bonds is 6. The predicted octanol–water partition coefficient (Wildman–Crippen LogP) is 2.26. The lowest BCUT2D eigenvalue weighted by Gasteiger charge is -2.05. The van der Waals surface area contributed by atoms with Gasteiger partial charge in [0, 0.05) is 11.1 Å². The second-order valence-corrected chi connectivity index (χ2v) is 6.90. The van der Waals surface area contributed by atoms with Gasteiger partial charge in [0.25, 0.3) is 0 Å². The summed E-state index contributed by atoms with van der Waals surface area (Å²) in [6, 6.07) is 7.07. The van der Waals surface area contributed by atoms with E-state index in [2.05, 4.69) is 5.32 Å². The smallest absolute Gasteiger partial charge is 0.178 e. The van der Waals surface area contributed by atoms with Crippen molar-refractivity contribution in [3.63, 3.8) is 0 Å². The molecule has 94 valence electrons. The van der Waals surface area contributed by atoms with E-state index in [1.165, 1.54) is 18.9 Å². The van der Waals surface area contributed by atoms with E-state index in [4.69, 9.17) is 11.6 Å². The van der Waals surface area contributed by atoms with Crippen LogP contribution in [0.5, 0.6) is 0 Å². The molecule has 0 unspecified atom stereocenters. The molecule has 0 aromatic heterocycles. The molecule has 0 amide bonds. The van der Waals surface area contributed by atoms with Gasteiger partial charge >= 0.3 is 0 Å². The van der Waals surface area contributed by atoms with Crippen LogP contribution in [0.15, 0.2) is 29.2 Å². The van der Waals surface area contributed by atoms with Crippen LogP contribution in [0.25, 0.3) is 0 Å². The number of hydrogen-bond donors (Lipinski definition) is 1. The molecule has 1 fully saturated rings. The van der Waals surface area contributed by atoms with Crippen molar-refractivity contribution in [3.8, 4) is 0 Å². The minimum absolute atomic E-state index is 0.174. The highest BCUT2D eigenvalue weighted by molar-refractivity contribution is 7.91. The van der Waals surface area contributed by atoms with Crippen LogP contribution >= 0.6 is 11.6 Å². The summed E-state index contributed by atoms with van der Waals surface area (Å²) >= 11 is 5.79. The number of hydrogen-bond acceptors (Lipinski definition) is 3. The zero-order valence-corrected chi connectivity index (χ0v) is 11.1. The van der Waals surface area contributed by atoms with Crippen molar-refractivity contribution in [1.29, 1.82) is 0 Å². The van der Waals surface area contributed by atoms with E-state index in [1.54, 1.807) is 18.2 Å². The molecule has 5 heteroatoms. The fourth-order valence-corrected chi connectivity index (χ4v) is 3.24. The number of nitrogens with one attached hydrogen (secondary N) is 1. The van der Waals surface area contributed by atoms with Gasteiger partial charge in [0.15, 0.2) is 9.84 Å². The van der Waals surface area contributed by atoms with Gasteiger partial charge in [0.05, 0.1) is 10.6 Å². The minimum Gasteiger partial charge on any atom is -0.314 e. The summed E-state index contributed by atoms with van der Waals surface area (Å²) in [6.45, 7) is 0.768. The molecule has 0 bridgehead atoms. The predicted molar refractivity (Wildman–Crippen MR) is 69.1 cm³/mol. The molecule has 2 rings (SSSR count).